The molecule has 3 rings (SSSR count). The SMILES string of the molecule is Cc1ccc2c(c1)OC1(CCN(C(=O)OC(C)(C)C)CC1)C(C(C)O)C2=O. The second-order valence-electron chi connectivity index (χ2n) is 8.72. The summed E-state index contributed by atoms with van der Waals surface area (Å²) in [5, 5.41) is 10.4. The topological polar surface area (TPSA) is 76.1 Å². The van der Waals surface area contributed by atoms with E-state index < -0.39 is 23.2 Å². The number of carbonyl (C=O) groups is 2. The Labute approximate surface area is 160 Å². The molecule has 1 N–H and O–H groups in total. The molecule has 2 aliphatic heterocycles. The second-order valence-corrected chi connectivity index (χ2v) is 8.72. The highest BCUT2D eigenvalue weighted by Crippen LogP contribution is 2.44. The van der Waals surface area contributed by atoms with Gasteiger partial charge in [-0.3, -0.25) is 4.79 Å². The Bertz CT molecular complexity index is 741. The Morgan fingerprint density at radius 3 is 2.52 bits per heavy atom. The number of piperidine rings is 1. The number of rotatable bonds is 1. The molecule has 148 valence electrons. The van der Waals surface area contributed by atoms with Gasteiger partial charge in [0.05, 0.1) is 17.6 Å². The Balaban J connectivity index is 1.84. The summed E-state index contributed by atoms with van der Waals surface area (Å²) in [6, 6.07) is 5.51. The third-order valence-corrected chi connectivity index (χ3v) is 5.31. The number of Topliss-reactive ketones (excluding diaryl/α,β-unsaturated/α-hetero) is 1. The van der Waals surface area contributed by atoms with E-state index in [9.17, 15) is 14.7 Å². The number of nitrogens with zero attached hydrogens (tertiary/aromatic N) is 1. The number of ether oxygens (including phenoxy) is 2. The molecule has 1 aromatic carbocycles. The first-order valence-electron chi connectivity index (χ1n) is 9.52. The molecule has 2 aliphatic rings. The van der Waals surface area contributed by atoms with Crippen molar-refractivity contribution >= 4 is 11.9 Å². The summed E-state index contributed by atoms with van der Waals surface area (Å²) in [5.74, 6) is -0.159. The van der Waals surface area contributed by atoms with Crippen molar-refractivity contribution in [1.82, 2.24) is 4.90 Å². The van der Waals surface area contributed by atoms with Crippen LogP contribution < -0.4 is 4.74 Å². The summed E-state index contributed by atoms with van der Waals surface area (Å²) < 4.78 is 11.8. The summed E-state index contributed by atoms with van der Waals surface area (Å²) in [5.41, 5.74) is 0.178. The van der Waals surface area contributed by atoms with Crippen molar-refractivity contribution in [2.45, 2.75) is 64.8 Å². The van der Waals surface area contributed by atoms with Gasteiger partial charge in [-0.25, -0.2) is 4.79 Å². The molecule has 2 heterocycles. The molecule has 2 unspecified atom stereocenters. The summed E-state index contributed by atoms with van der Waals surface area (Å²) in [4.78, 5) is 27.1. The number of ketones is 1. The van der Waals surface area contributed by atoms with Crippen molar-refractivity contribution in [1.29, 1.82) is 0 Å². The zero-order valence-electron chi connectivity index (χ0n) is 16.7. The number of aliphatic hydroxyl groups is 1. The van der Waals surface area contributed by atoms with E-state index in [0.29, 0.717) is 37.2 Å². The number of aliphatic hydroxyl groups excluding tert-OH is 1. The average Bonchev–Trinajstić information content (AvgIpc) is 2.53. The van der Waals surface area contributed by atoms with Crippen molar-refractivity contribution in [2.75, 3.05) is 13.1 Å². The maximum atomic E-state index is 13.1. The van der Waals surface area contributed by atoms with Crippen LogP contribution in [-0.4, -0.2) is 52.3 Å². The zero-order chi connectivity index (χ0) is 20.0. The van der Waals surface area contributed by atoms with Crippen LogP contribution in [0.1, 0.15) is 56.5 Å². The van der Waals surface area contributed by atoms with Gasteiger partial charge in [-0.2, -0.15) is 0 Å². The molecule has 0 aromatic heterocycles. The maximum absolute atomic E-state index is 13.1. The molecular weight excluding hydrogens is 346 g/mol. The van der Waals surface area contributed by atoms with Gasteiger partial charge in [0.2, 0.25) is 0 Å². The fourth-order valence-electron chi connectivity index (χ4n) is 4.07. The molecular formula is C21H29NO5. The van der Waals surface area contributed by atoms with E-state index >= 15 is 0 Å². The fourth-order valence-corrected chi connectivity index (χ4v) is 4.07. The molecule has 27 heavy (non-hydrogen) atoms. The first-order valence-corrected chi connectivity index (χ1v) is 9.52. The lowest BCUT2D eigenvalue weighted by molar-refractivity contribution is -0.0763. The Hall–Kier alpha value is -2.08. The standard InChI is InChI=1S/C21H29NO5/c1-13-6-7-15-16(12-13)26-21(17(14(2)23)18(15)24)8-10-22(11-9-21)19(25)27-20(3,4)5/h6-7,12,14,17,23H,8-11H2,1-5H3. The van der Waals surface area contributed by atoms with Gasteiger partial charge in [0.1, 0.15) is 17.0 Å². The van der Waals surface area contributed by atoms with E-state index in [0.717, 1.165) is 5.56 Å². The fraction of sp³-hybridized carbons (Fsp3) is 0.619. The molecule has 0 aliphatic carbocycles. The molecule has 1 saturated heterocycles. The van der Waals surface area contributed by atoms with Crippen molar-refractivity contribution in [3.05, 3.63) is 29.3 Å². The quantitative estimate of drug-likeness (QED) is 0.815. The molecule has 0 saturated carbocycles. The van der Waals surface area contributed by atoms with Crippen molar-refractivity contribution in [2.24, 2.45) is 5.92 Å². The van der Waals surface area contributed by atoms with Crippen LogP contribution in [0.4, 0.5) is 4.79 Å². The van der Waals surface area contributed by atoms with Gasteiger partial charge in [-0.15, -0.1) is 0 Å². The lowest BCUT2D eigenvalue weighted by Crippen LogP contribution is -2.60. The number of fused-ring (bicyclic) bond motifs is 1. The molecule has 0 radical (unpaired) electrons. The van der Waals surface area contributed by atoms with Crippen molar-refractivity contribution in [3.8, 4) is 5.75 Å². The van der Waals surface area contributed by atoms with Gasteiger partial charge in [-0.05, 0) is 52.3 Å². The van der Waals surface area contributed by atoms with Crippen LogP contribution in [0, 0.1) is 12.8 Å². The molecule has 0 bridgehead atoms. The van der Waals surface area contributed by atoms with Gasteiger partial charge in [0, 0.05) is 25.9 Å². The van der Waals surface area contributed by atoms with Gasteiger partial charge >= 0.3 is 6.09 Å². The number of amides is 1. The summed E-state index contributed by atoms with van der Waals surface area (Å²) in [6.45, 7) is 9.94. The first-order chi connectivity index (χ1) is 12.5. The van der Waals surface area contributed by atoms with E-state index in [4.69, 9.17) is 9.47 Å². The second kappa shape index (κ2) is 6.82. The van der Waals surface area contributed by atoms with Crippen LogP contribution in [0.2, 0.25) is 0 Å². The first kappa shape index (κ1) is 19.7. The predicted molar refractivity (Wildman–Crippen MR) is 101 cm³/mol. The lowest BCUT2D eigenvalue weighted by Gasteiger charge is -2.49. The highest BCUT2D eigenvalue weighted by molar-refractivity contribution is 6.02. The molecule has 1 spiro atoms. The minimum Gasteiger partial charge on any atom is -0.485 e. The summed E-state index contributed by atoms with van der Waals surface area (Å²) >= 11 is 0. The van der Waals surface area contributed by atoms with Crippen LogP contribution in [0.5, 0.6) is 5.75 Å². The molecule has 1 fully saturated rings. The zero-order valence-corrected chi connectivity index (χ0v) is 16.7. The van der Waals surface area contributed by atoms with Crippen LogP contribution >= 0.6 is 0 Å². The van der Waals surface area contributed by atoms with Crippen LogP contribution in [-0.2, 0) is 4.74 Å². The third-order valence-electron chi connectivity index (χ3n) is 5.31. The minimum absolute atomic E-state index is 0.0861. The lowest BCUT2D eigenvalue weighted by atomic mass is 9.71. The highest BCUT2D eigenvalue weighted by Gasteiger charge is 2.53. The molecule has 6 nitrogen and oxygen atoms in total. The average molecular weight is 375 g/mol. The highest BCUT2D eigenvalue weighted by atomic mass is 16.6. The van der Waals surface area contributed by atoms with Crippen molar-refractivity contribution < 1.29 is 24.2 Å². The van der Waals surface area contributed by atoms with Crippen LogP contribution in [0.25, 0.3) is 0 Å². The van der Waals surface area contributed by atoms with Crippen LogP contribution in [0.15, 0.2) is 18.2 Å². The third kappa shape index (κ3) is 3.81. The van der Waals surface area contributed by atoms with Crippen LogP contribution in [0.3, 0.4) is 0 Å². The number of carbonyl (C=O) groups excluding carboxylic acids is 2. The van der Waals surface area contributed by atoms with Gasteiger partial charge in [0.15, 0.2) is 5.78 Å². The van der Waals surface area contributed by atoms with Gasteiger partial charge < -0.3 is 19.5 Å². The number of hydrogen-bond donors (Lipinski definition) is 1. The van der Waals surface area contributed by atoms with Crippen molar-refractivity contribution in [3.63, 3.8) is 0 Å². The molecule has 2 atom stereocenters. The summed E-state index contributed by atoms with van der Waals surface area (Å²) in [6.07, 6.45) is -0.244. The van der Waals surface area contributed by atoms with E-state index in [-0.39, 0.29) is 11.9 Å². The summed E-state index contributed by atoms with van der Waals surface area (Å²) in [7, 11) is 0. The minimum atomic E-state index is -0.833. The largest absolute Gasteiger partial charge is 0.485 e. The van der Waals surface area contributed by atoms with E-state index in [1.807, 2.05) is 39.8 Å². The Morgan fingerprint density at radius 2 is 1.96 bits per heavy atom. The normalized spacial score (nSPS) is 22.8. The predicted octanol–water partition coefficient (Wildman–Crippen LogP) is 3.34. The molecule has 6 heteroatoms. The smallest absolute Gasteiger partial charge is 0.410 e. The Kier molecular flexibility index (Phi) is 4.97. The van der Waals surface area contributed by atoms with E-state index in [1.54, 1.807) is 17.9 Å². The van der Waals surface area contributed by atoms with Gasteiger partial charge in [0.25, 0.3) is 0 Å². The van der Waals surface area contributed by atoms with E-state index in [2.05, 4.69) is 0 Å². The maximum Gasteiger partial charge on any atom is 0.410 e. The monoisotopic (exact) mass is 375 g/mol. The van der Waals surface area contributed by atoms with Gasteiger partial charge in [-0.1, -0.05) is 6.07 Å². The van der Waals surface area contributed by atoms with E-state index in [1.165, 1.54) is 0 Å². The molecule has 1 amide bonds. The number of benzene rings is 1. The number of aryl methyl sites for hydroxylation is 1. The Morgan fingerprint density at radius 1 is 1.33 bits per heavy atom. The number of likely N-dealkylation sites (tertiary alicyclic amines) is 1. The molecule has 1 aromatic rings. The number of hydrogen-bond acceptors (Lipinski definition) is 5.